The summed E-state index contributed by atoms with van der Waals surface area (Å²) < 4.78 is 11.2. The Kier molecular flexibility index (Phi) is 4.64. The lowest BCUT2D eigenvalue weighted by molar-refractivity contribution is 0.408. The molecule has 0 atom stereocenters. The molecule has 3 nitrogen and oxygen atoms in total. The van der Waals surface area contributed by atoms with E-state index in [2.05, 4.69) is 26.0 Å². The molecule has 0 saturated carbocycles. The number of hydrogen-bond acceptors (Lipinski definition) is 3. The predicted molar refractivity (Wildman–Crippen MR) is 81.5 cm³/mol. The van der Waals surface area contributed by atoms with Gasteiger partial charge < -0.3 is 15.2 Å². The third-order valence-electron chi connectivity index (χ3n) is 3.25. The summed E-state index contributed by atoms with van der Waals surface area (Å²) >= 11 is 0. The number of rotatable bonds is 5. The number of hydrogen-bond donors (Lipinski definition) is 1. The van der Waals surface area contributed by atoms with Gasteiger partial charge in [-0.2, -0.15) is 0 Å². The molecule has 20 heavy (non-hydrogen) atoms. The van der Waals surface area contributed by atoms with Crippen LogP contribution in [0.25, 0.3) is 0 Å². The van der Waals surface area contributed by atoms with E-state index in [0.717, 1.165) is 22.8 Å². The van der Waals surface area contributed by atoms with Gasteiger partial charge >= 0.3 is 0 Å². The molecule has 0 aliphatic carbocycles. The molecule has 106 valence electrons. The molecule has 3 heteroatoms. The first-order chi connectivity index (χ1) is 9.63. The van der Waals surface area contributed by atoms with Crippen LogP contribution in [-0.2, 0) is 6.54 Å². The van der Waals surface area contributed by atoms with Crippen LogP contribution in [0, 0.1) is 0 Å². The van der Waals surface area contributed by atoms with Gasteiger partial charge in [-0.1, -0.05) is 32.0 Å². The Bertz CT molecular complexity index is 579. The average molecular weight is 271 g/mol. The highest BCUT2D eigenvalue weighted by atomic mass is 16.5. The van der Waals surface area contributed by atoms with Crippen LogP contribution in [0.5, 0.6) is 17.2 Å². The van der Waals surface area contributed by atoms with Gasteiger partial charge in [0.05, 0.1) is 7.11 Å². The van der Waals surface area contributed by atoms with Crippen molar-refractivity contribution in [3.63, 3.8) is 0 Å². The molecule has 0 aliphatic rings. The minimum absolute atomic E-state index is 0.434. The summed E-state index contributed by atoms with van der Waals surface area (Å²) in [6.45, 7) is 4.76. The van der Waals surface area contributed by atoms with Crippen LogP contribution in [0.4, 0.5) is 0 Å². The van der Waals surface area contributed by atoms with Crippen LogP contribution in [0.3, 0.4) is 0 Å². The van der Waals surface area contributed by atoms with Crippen molar-refractivity contribution in [1.29, 1.82) is 0 Å². The second kappa shape index (κ2) is 6.44. The standard InChI is InChI=1S/C17H21NO2/c1-12(2)13-5-4-6-16(9-13)20-17-10-15(19-3)8-7-14(17)11-18/h4-10,12H,11,18H2,1-3H3. The van der Waals surface area contributed by atoms with Crippen molar-refractivity contribution in [3.8, 4) is 17.2 Å². The quantitative estimate of drug-likeness (QED) is 0.891. The molecule has 2 N–H and O–H groups in total. The zero-order valence-electron chi connectivity index (χ0n) is 12.2. The Morgan fingerprint density at radius 1 is 1.05 bits per heavy atom. The van der Waals surface area contributed by atoms with Gasteiger partial charge in [0.25, 0.3) is 0 Å². The highest BCUT2D eigenvalue weighted by molar-refractivity contribution is 5.44. The first-order valence-corrected chi connectivity index (χ1v) is 6.79. The second-order valence-electron chi connectivity index (χ2n) is 5.01. The van der Waals surface area contributed by atoms with Crippen molar-refractivity contribution in [3.05, 3.63) is 53.6 Å². The van der Waals surface area contributed by atoms with Crippen molar-refractivity contribution in [2.75, 3.05) is 7.11 Å². The van der Waals surface area contributed by atoms with Gasteiger partial charge in [0.15, 0.2) is 0 Å². The van der Waals surface area contributed by atoms with Crippen LogP contribution in [0.15, 0.2) is 42.5 Å². The van der Waals surface area contributed by atoms with Gasteiger partial charge in [0.2, 0.25) is 0 Å². The molecule has 0 radical (unpaired) electrons. The normalized spacial score (nSPS) is 10.7. The van der Waals surface area contributed by atoms with E-state index in [-0.39, 0.29) is 0 Å². The van der Waals surface area contributed by atoms with Crippen LogP contribution in [0.2, 0.25) is 0 Å². The fraction of sp³-hybridized carbons (Fsp3) is 0.294. The molecule has 0 amide bonds. The Hall–Kier alpha value is -2.00. The Balaban J connectivity index is 2.31. The summed E-state index contributed by atoms with van der Waals surface area (Å²) in [6, 6.07) is 13.8. The predicted octanol–water partition coefficient (Wildman–Crippen LogP) is 4.07. The molecule has 2 aromatic carbocycles. The van der Waals surface area contributed by atoms with Crippen molar-refractivity contribution in [1.82, 2.24) is 0 Å². The molecule has 2 aromatic rings. The zero-order valence-corrected chi connectivity index (χ0v) is 12.2. The second-order valence-corrected chi connectivity index (χ2v) is 5.01. The summed E-state index contributed by atoms with van der Waals surface area (Å²) in [7, 11) is 1.64. The van der Waals surface area contributed by atoms with Crippen LogP contribution in [-0.4, -0.2) is 7.11 Å². The fourth-order valence-electron chi connectivity index (χ4n) is 1.99. The minimum Gasteiger partial charge on any atom is -0.497 e. The van der Waals surface area contributed by atoms with E-state index in [0.29, 0.717) is 12.5 Å². The topological polar surface area (TPSA) is 44.5 Å². The highest BCUT2D eigenvalue weighted by Gasteiger charge is 2.07. The van der Waals surface area contributed by atoms with Gasteiger partial charge in [0.1, 0.15) is 17.2 Å². The SMILES string of the molecule is COc1ccc(CN)c(Oc2cccc(C(C)C)c2)c1. The van der Waals surface area contributed by atoms with Gasteiger partial charge in [-0.3, -0.25) is 0 Å². The van der Waals surface area contributed by atoms with E-state index in [9.17, 15) is 0 Å². The van der Waals surface area contributed by atoms with E-state index in [1.165, 1.54) is 5.56 Å². The molecular weight excluding hydrogens is 250 g/mol. The maximum Gasteiger partial charge on any atom is 0.135 e. The molecule has 0 fully saturated rings. The van der Waals surface area contributed by atoms with Gasteiger partial charge in [0, 0.05) is 18.2 Å². The maximum absolute atomic E-state index is 5.97. The van der Waals surface area contributed by atoms with E-state index in [1.54, 1.807) is 7.11 Å². The summed E-state index contributed by atoms with van der Waals surface area (Å²) in [6.07, 6.45) is 0. The van der Waals surface area contributed by atoms with Crippen LogP contribution >= 0.6 is 0 Å². The molecule has 0 aliphatic heterocycles. The molecule has 2 rings (SSSR count). The Labute approximate surface area is 120 Å². The Morgan fingerprint density at radius 3 is 2.50 bits per heavy atom. The lowest BCUT2D eigenvalue weighted by atomic mass is 10.0. The van der Waals surface area contributed by atoms with Gasteiger partial charge in [-0.15, -0.1) is 0 Å². The van der Waals surface area contributed by atoms with E-state index < -0.39 is 0 Å². The van der Waals surface area contributed by atoms with E-state index in [4.69, 9.17) is 15.2 Å². The number of benzene rings is 2. The van der Waals surface area contributed by atoms with Gasteiger partial charge in [-0.05, 0) is 29.7 Å². The first kappa shape index (κ1) is 14.4. The monoisotopic (exact) mass is 271 g/mol. The number of nitrogens with two attached hydrogens (primary N) is 1. The smallest absolute Gasteiger partial charge is 0.135 e. The van der Waals surface area contributed by atoms with Crippen molar-refractivity contribution < 1.29 is 9.47 Å². The van der Waals surface area contributed by atoms with E-state index in [1.807, 2.05) is 30.3 Å². The zero-order chi connectivity index (χ0) is 14.5. The molecule has 0 saturated heterocycles. The molecule has 0 bridgehead atoms. The fourth-order valence-corrected chi connectivity index (χ4v) is 1.99. The average Bonchev–Trinajstić information content (AvgIpc) is 2.47. The lowest BCUT2D eigenvalue weighted by Crippen LogP contribution is -2.00. The molecule has 0 heterocycles. The van der Waals surface area contributed by atoms with Crippen molar-refractivity contribution in [2.45, 2.75) is 26.3 Å². The largest absolute Gasteiger partial charge is 0.497 e. The molecule has 0 unspecified atom stereocenters. The summed E-state index contributed by atoms with van der Waals surface area (Å²) in [5.41, 5.74) is 7.96. The minimum atomic E-state index is 0.434. The van der Waals surface area contributed by atoms with Crippen molar-refractivity contribution >= 4 is 0 Å². The Morgan fingerprint density at radius 2 is 1.85 bits per heavy atom. The highest BCUT2D eigenvalue weighted by Crippen LogP contribution is 2.30. The third-order valence-corrected chi connectivity index (χ3v) is 3.25. The third kappa shape index (κ3) is 3.31. The summed E-state index contributed by atoms with van der Waals surface area (Å²) in [5.74, 6) is 2.79. The van der Waals surface area contributed by atoms with Crippen LogP contribution in [0.1, 0.15) is 30.9 Å². The lowest BCUT2D eigenvalue weighted by Gasteiger charge is -2.13. The first-order valence-electron chi connectivity index (χ1n) is 6.79. The number of methoxy groups -OCH3 is 1. The molecule has 0 aromatic heterocycles. The van der Waals surface area contributed by atoms with Gasteiger partial charge in [-0.25, -0.2) is 0 Å². The molecule has 0 spiro atoms. The number of ether oxygens (including phenoxy) is 2. The van der Waals surface area contributed by atoms with E-state index >= 15 is 0 Å². The maximum atomic E-state index is 5.97. The van der Waals surface area contributed by atoms with Crippen molar-refractivity contribution in [2.24, 2.45) is 5.73 Å². The summed E-state index contributed by atoms with van der Waals surface area (Å²) in [5, 5.41) is 0. The van der Waals surface area contributed by atoms with Crippen LogP contribution < -0.4 is 15.2 Å². The summed E-state index contributed by atoms with van der Waals surface area (Å²) in [4.78, 5) is 0. The molecular formula is C17H21NO2.